The fourth-order valence-corrected chi connectivity index (χ4v) is 7.65. The summed E-state index contributed by atoms with van der Waals surface area (Å²) in [7, 11) is 1.53. The van der Waals surface area contributed by atoms with Crippen LogP contribution in [0.5, 0.6) is 0 Å². The highest BCUT2D eigenvalue weighted by Crippen LogP contribution is 2.43. The standard InChI is InChI=1S/C52H97N2O6P/c1-6-8-10-12-14-16-18-20-22-23-24-25-26-27-28-29-30-31-32-33-35-37-39-41-43-45-51(55)50(49-60-61(57,58)59-48-47-54(3,4)5)53-52(56)46-44-42-40-38-36-34-21-19-17-15-13-11-9-7-2/h13,15,19,21,30-31,35,37,43,45,50-51,55H,6-12,14,16-18,20,22-29,32-34,36,38-42,44,46-49H2,1-5H3,(H-,53,56,57,58)/p+1/b15-13-,21-19-,31-30+,37-35+,45-43+. The Morgan fingerprint density at radius 1 is 0.557 bits per heavy atom. The number of allylic oxidation sites excluding steroid dienone is 9. The zero-order chi connectivity index (χ0) is 45.0. The van der Waals surface area contributed by atoms with E-state index in [4.69, 9.17) is 9.05 Å². The number of hydrogen-bond donors (Lipinski definition) is 3. The zero-order valence-corrected chi connectivity index (χ0v) is 41.3. The molecule has 9 heteroatoms. The Labute approximate surface area is 377 Å². The molecule has 0 aliphatic rings. The van der Waals surface area contributed by atoms with Crippen LogP contribution in [0, 0.1) is 0 Å². The van der Waals surface area contributed by atoms with Crippen molar-refractivity contribution in [3.8, 4) is 0 Å². The van der Waals surface area contributed by atoms with Gasteiger partial charge in [-0.05, 0) is 70.6 Å². The molecule has 0 radical (unpaired) electrons. The number of quaternary nitrogens is 1. The molecular formula is C52H98N2O6P+. The predicted molar refractivity (Wildman–Crippen MR) is 263 cm³/mol. The lowest BCUT2D eigenvalue weighted by Gasteiger charge is -2.25. The second-order valence-corrected chi connectivity index (χ2v) is 19.6. The maximum Gasteiger partial charge on any atom is 0.472 e. The number of aliphatic hydroxyl groups is 1. The first-order valence-electron chi connectivity index (χ1n) is 25.2. The SMILES string of the molecule is CCCC/C=C\C/C=C\CCCCCCCC(=O)NC(COP(=O)(O)OCC[N+](C)(C)C)C(O)/C=C/CC/C=C/CC/C=C/CCCCCCCCCCCCCCCCC. The fourth-order valence-electron chi connectivity index (χ4n) is 6.91. The van der Waals surface area contributed by atoms with Crippen LogP contribution in [0.15, 0.2) is 60.8 Å². The third-order valence-electron chi connectivity index (χ3n) is 10.9. The van der Waals surface area contributed by atoms with Gasteiger partial charge in [0.25, 0.3) is 0 Å². The molecule has 0 aromatic rings. The summed E-state index contributed by atoms with van der Waals surface area (Å²) >= 11 is 0. The minimum atomic E-state index is -4.36. The highest BCUT2D eigenvalue weighted by Gasteiger charge is 2.27. The van der Waals surface area contributed by atoms with Gasteiger partial charge in [-0.15, -0.1) is 0 Å². The van der Waals surface area contributed by atoms with E-state index in [0.717, 1.165) is 70.6 Å². The van der Waals surface area contributed by atoms with E-state index < -0.39 is 20.0 Å². The van der Waals surface area contributed by atoms with Crippen molar-refractivity contribution < 1.29 is 32.9 Å². The van der Waals surface area contributed by atoms with Gasteiger partial charge in [0.1, 0.15) is 13.2 Å². The third-order valence-corrected chi connectivity index (χ3v) is 11.9. The summed E-state index contributed by atoms with van der Waals surface area (Å²) in [5.41, 5.74) is 0. The van der Waals surface area contributed by atoms with Gasteiger partial charge >= 0.3 is 7.82 Å². The number of likely N-dealkylation sites (N-methyl/N-ethyl adjacent to an activating group) is 1. The quantitative estimate of drug-likeness (QED) is 0.0244. The van der Waals surface area contributed by atoms with Gasteiger partial charge < -0.3 is 19.8 Å². The van der Waals surface area contributed by atoms with Crippen LogP contribution < -0.4 is 5.32 Å². The second kappa shape index (κ2) is 43.5. The second-order valence-electron chi connectivity index (χ2n) is 18.2. The van der Waals surface area contributed by atoms with Crippen molar-refractivity contribution in [2.45, 2.75) is 225 Å². The number of nitrogens with zero attached hydrogens (tertiary/aromatic N) is 1. The van der Waals surface area contributed by atoms with Gasteiger partial charge in [-0.1, -0.05) is 197 Å². The number of rotatable bonds is 45. The number of carbonyl (C=O) groups excluding carboxylic acids is 1. The molecule has 8 nitrogen and oxygen atoms in total. The molecule has 0 heterocycles. The van der Waals surface area contributed by atoms with Crippen LogP contribution in [-0.4, -0.2) is 73.4 Å². The molecule has 356 valence electrons. The molecule has 0 spiro atoms. The lowest BCUT2D eigenvalue weighted by Crippen LogP contribution is -2.45. The zero-order valence-electron chi connectivity index (χ0n) is 40.4. The van der Waals surface area contributed by atoms with Gasteiger partial charge in [0.05, 0.1) is 39.9 Å². The minimum Gasteiger partial charge on any atom is -0.387 e. The Bertz CT molecular complexity index is 1180. The molecule has 3 unspecified atom stereocenters. The molecular weight excluding hydrogens is 780 g/mol. The summed E-state index contributed by atoms with van der Waals surface area (Å²) < 4.78 is 23.6. The van der Waals surface area contributed by atoms with E-state index in [0.29, 0.717) is 17.4 Å². The Kier molecular flexibility index (Phi) is 42.2. The van der Waals surface area contributed by atoms with Crippen LogP contribution in [0.1, 0.15) is 213 Å². The molecule has 0 saturated heterocycles. The maximum atomic E-state index is 12.9. The van der Waals surface area contributed by atoms with E-state index >= 15 is 0 Å². The average molecular weight is 878 g/mol. The number of hydrogen-bond acceptors (Lipinski definition) is 5. The Hall–Kier alpha value is -1.80. The lowest BCUT2D eigenvalue weighted by molar-refractivity contribution is -0.870. The molecule has 3 atom stereocenters. The number of phosphoric acid groups is 1. The summed E-state index contributed by atoms with van der Waals surface area (Å²) in [5.74, 6) is -0.207. The number of aliphatic hydroxyl groups excluding tert-OH is 1. The summed E-state index contributed by atoms with van der Waals surface area (Å²) in [6.07, 6.45) is 57.4. The van der Waals surface area contributed by atoms with Gasteiger partial charge in [-0.2, -0.15) is 0 Å². The first-order chi connectivity index (χ1) is 29.5. The fraction of sp³-hybridized carbons (Fsp3) is 0.788. The van der Waals surface area contributed by atoms with Crippen LogP contribution in [0.25, 0.3) is 0 Å². The van der Waals surface area contributed by atoms with Crippen LogP contribution in [0.3, 0.4) is 0 Å². The van der Waals surface area contributed by atoms with Crippen molar-refractivity contribution in [2.24, 2.45) is 0 Å². The normalized spacial score (nSPS) is 14.7. The first kappa shape index (κ1) is 59.2. The van der Waals surface area contributed by atoms with Crippen LogP contribution in [0.2, 0.25) is 0 Å². The maximum absolute atomic E-state index is 12.9. The number of unbranched alkanes of at least 4 members (excludes halogenated alkanes) is 24. The van der Waals surface area contributed by atoms with Gasteiger partial charge in [0.15, 0.2) is 0 Å². The molecule has 3 N–H and O–H groups in total. The topological polar surface area (TPSA) is 105 Å². The Morgan fingerprint density at radius 2 is 0.967 bits per heavy atom. The van der Waals surface area contributed by atoms with E-state index in [1.807, 2.05) is 27.2 Å². The monoisotopic (exact) mass is 878 g/mol. The Balaban J connectivity index is 4.38. The van der Waals surface area contributed by atoms with Crippen molar-refractivity contribution >= 4 is 13.7 Å². The molecule has 0 aliphatic heterocycles. The van der Waals surface area contributed by atoms with E-state index in [-0.39, 0.29) is 19.1 Å². The van der Waals surface area contributed by atoms with E-state index in [1.165, 1.54) is 122 Å². The molecule has 0 fully saturated rings. The Morgan fingerprint density at radius 3 is 1.46 bits per heavy atom. The van der Waals surface area contributed by atoms with Crippen molar-refractivity contribution in [3.05, 3.63) is 60.8 Å². The van der Waals surface area contributed by atoms with Crippen LogP contribution >= 0.6 is 7.82 Å². The summed E-state index contributed by atoms with van der Waals surface area (Å²) in [4.78, 5) is 23.1. The molecule has 0 bridgehead atoms. The molecule has 0 rings (SSSR count). The van der Waals surface area contributed by atoms with Crippen molar-refractivity contribution in [1.82, 2.24) is 5.32 Å². The van der Waals surface area contributed by atoms with Gasteiger partial charge in [-0.25, -0.2) is 4.57 Å². The van der Waals surface area contributed by atoms with Gasteiger partial charge in [0, 0.05) is 6.42 Å². The molecule has 0 aliphatic carbocycles. The number of phosphoric ester groups is 1. The predicted octanol–water partition coefficient (Wildman–Crippen LogP) is 14.6. The number of nitrogens with one attached hydrogen (secondary N) is 1. The largest absolute Gasteiger partial charge is 0.472 e. The van der Waals surface area contributed by atoms with Crippen molar-refractivity contribution in [2.75, 3.05) is 40.9 Å². The highest BCUT2D eigenvalue weighted by molar-refractivity contribution is 7.47. The molecule has 0 aromatic carbocycles. The smallest absolute Gasteiger partial charge is 0.387 e. The molecule has 1 amide bonds. The highest BCUT2D eigenvalue weighted by atomic mass is 31.2. The van der Waals surface area contributed by atoms with Gasteiger partial charge in [-0.3, -0.25) is 13.8 Å². The van der Waals surface area contributed by atoms with E-state index in [1.54, 1.807) is 6.08 Å². The van der Waals surface area contributed by atoms with Crippen molar-refractivity contribution in [3.63, 3.8) is 0 Å². The van der Waals surface area contributed by atoms with Crippen LogP contribution in [0.4, 0.5) is 0 Å². The number of carbonyl (C=O) groups is 1. The summed E-state index contributed by atoms with van der Waals surface area (Å²) in [5, 5.41) is 13.8. The molecule has 0 aromatic heterocycles. The average Bonchev–Trinajstić information content (AvgIpc) is 3.21. The van der Waals surface area contributed by atoms with E-state index in [9.17, 15) is 19.4 Å². The number of amides is 1. The van der Waals surface area contributed by atoms with E-state index in [2.05, 4.69) is 67.8 Å². The molecule has 0 saturated carbocycles. The molecule has 61 heavy (non-hydrogen) atoms. The summed E-state index contributed by atoms with van der Waals surface area (Å²) in [6, 6.07) is -0.879. The minimum absolute atomic E-state index is 0.0485. The third kappa shape index (κ3) is 46.0. The van der Waals surface area contributed by atoms with Crippen molar-refractivity contribution in [1.29, 1.82) is 0 Å². The van der Waals surface area contributed by atoms with Crippen LogP contribution in [-0.2, 0) is 18.4 Å². The lowest BCUT2D eigenvalue weighted by atomic mass is 10.0. The first-order valence-corrected chi connectivity index (χ1v) is 26.7. The summed E-state index contributed by atoms with van der Waals surface area (Å²) in [6.45, 7) is 4.73. The van der Waals surface area contributed by atoms with Gasteiger partial charge in [0.2, 0.25) is 5.91 Å².